The summed E-state index contributed by atoms with van der Waals surface area (Å²) in [5.74, 6) is -3.25. The summed E-state index contributed by atoms with van der Waals surface area (Å²) in [5, 5.41) is 11.1. The Morgan fingerprint density at radius 3 is 2.53 bits per heavy atom. The molecular weight excluding hydrogens is 570 g/mol. The number of hydrogen-bond acceptors (Lipinski definition) is 6. The maximum absolute atomic E-state index is 13.3. The number of aromatic hydroxyl groups is 1. The minimum absolute atomic E-state index is 0.135. The summed E-state index contributed by atoms with van der Waals surface area (Å²) in [6.45, 7) is 2.06. The molecular formula is C25H21Br2NO6. The highest BCUT2D eigenvalue weighted by atomic mass is 79.9. The normalized spacial score (nSPS) is 28.4. The number of likely N-dealkylation sites (tertiary alicyclic amines) is 1. The van der Waals surface area contributed by atoms with Gasteiger partial charge >= 0.3 is 0 Å². The van der Waals surface area contributed by atoms with Crippen molar-refractivity contribution < 1.29 is 29.0 Å². The van der Waals surface area contributed by atoms with Crippen molar-refractivity contribution in [1.29, 1.82) is 0 Å². The largest absolute Gasteiger partial charge is 0.504 e. The SMILES string of the molecule is CCN1C(=O)[C@H]2[C@H](CC=C3[C@H](c4cc(Br)cc(OC)c4O)C4=C(C[C@H]32)C(=O)C(Br)=CC4=O)C1=O. The van der Waals surface area contributed by atoms with Gasteiger partial charge in [0.2, 0.25) is 11.8 Å². The second-order valence-electron chi connectivity index (χ2n) is 8.86. The van der Waals surface area contributed by atoms with Crippen molar-refractivity contribution in [2.45, 2.75) is 25.7 Å². The lowest BCUT2D eigenvalue weighted by molar-refractivity contribution is -0.139. The zero-order valence-electron chi connectivity index (χ0n) is 18.4. The van der Waals surface area contributed by atoms with Crippen molar-refractivity contribution in [3.05, 3.63) is 55.5 Å². The first kappa shape index (κ1) is 23.2. The van der Waals surface area contributed by atoms with Gasteiger partial charge < -0.3 is 9.84 Å². The van der Waals surface area contributed by atoms with E-state index in [1.165, 1.54) is 18.1 Å². The molecule has 34 heavy (non-hydrogen) atoms. The van der Waals surface area contributed by atoms with Gasteiger partial charge in [-0.1, -0.05) is 27.6 Å². The van der Waals surface area contributed by atoms with Gasteiger partial charge in [0.05, 0.1) is 23.4 Å². The minimum atomic E-state index is -0.743. The molecule has 1 aromatic carbocycles. The molecule has 3 aliphatic carbocycles. The Kier molecular flexibility index (Phi) is 5.67. The molecule has 2 amide bonds. The van der Waals surface area contributed by atoms with Crippen LogP contribution in [0.5, 0.6) is 11.5 Å². The number of hydrogen-bond donors (Lipinski definition) is 1. The Labute approximate surface area is 212 Å². The molecule has 5 rings (SSSR count). The van der Waals surface area contributed by atoms with Crippen LogP contribution in [0.1, 0.15) is 31.2 Å². The van der Waals surface area contributed by atoms with Crippen molar-refractivity contribution in [2.24, 2.45) is 17.8 Å². The van der Waals surface area contributed by atoms with Gasteiger partial charge in [-0.3, -0.25) is 24.1 Å². The lowest BCUT2D eigenvalue weighted by Gasteiger charge is -2.42. The van der Waals surface area contributed by atoms with E-state index in [0.29, 0.717) is 34.1 Å². The number of methoxy groups -OCH3 is 1. The average Bonchev–Trinajstić information content (AvgIpc) is 3.06. The first-order valence-corrected chi connectivity index (χ1v) is 12.6. The number of Topliss-reactive ketones (excluding diaryl/α,β-unsaturated/α-hetero) is 1. The highest BCUT2D eigenvalue weighted by Crippen LogP contribution is 2.57. The number of phenols is 1. The zero-order valence-corrected chi connectivity index (χ0v) is 21.6. The van der Waals surface area contributed by atoms with Crippen LogP contribution in [0.4, 0.5) is 0 Å². The lowest BCUT2D eigenvalue weighted by Crippen LogP contribution is -2.39. The van der Waals surface area contributed by atoms with E-state index in [9.17, 15) is 24.3 Å². The molecule has 0 aromatic heterocycles. The number of carbonyl (C=O) groups excluding carboxylic acids is 4. The van der Waals surface area contributed by atoms with Crippen molar-refractivity contribution in [3.8, 4) is 11.5 Å². The van der Waals surface area contributed by atoms with E-state index < -0.39 is 23.7 Å². The monoisotopic (exact) mass is 589 g/mol. The van der Waals surface area contributed by atoms with Crippen LogP contribution in [0.15, 0.2) is 50.0 Å². The van der Waals surface area contributed by atoms with Crippen LogP contribution >= 0.6 is 31.9 Å². The number of allylic oxidation sites excluding steroid dienone is 6. The molecule has 176 valence electrons. The maximum Gasteiger partial charge on any atom is 0.233 e. The quantitative estimate of drug-likeness (QED) is 0.325. The summed E-state index contributed by atoms with van der Waals surface area (Å²) in [7, 11) is 1.43. The second-order valence-corrected chi connectivity index (χ2v) is 10.6. The number of benzene rings is 1. The smallest absolute Gasteiger partial charge is 0.233 e. The van der Waals surface area contributed by atoms with Crippen molar-refractivity contribution in [1.82, 2.24) is 4.90 Å². The predicted octanol–water partition coefficient (Wildman–Crippen LogP) is 3.95. The van der Waals surface area contributed by atoms with Gasteiger partial charge in [-0.15, -0.1) is 0 Å². The summed E-state index contributed by atoms with van der Waals surface area (Å²) >= 11 is 6.65. The van der Waals surface area contributed by atoms with Crippen LogP contribution in [-0.4, -0.2) is 47.0 Å². The molecule has 4 aliphatic rings. The number of fused-ring (bicyclic) bond motifs is 3. The van der Waals surface area contributed by atoms with Gasteiger partial charge in [0.15, 0.2) is 23.1 Å². The Balaban J connectivity index is 1.75. The predicted molar refractivity (Wildman–Crippen MR) is 129 cm³/mol. The van der Waals surface area contributed by atoms with Crippen LogP contribution in [0.25, 0.3) is 0 Å². The fourth-order valence-electron chi connectivity index (χ4n) is 5.91. The third kappa shape index (κ3) is 3.20. The van der Waals surface area contributed by atoms with E-state index in [1.54, 1.807) is 19.1 Å². The Morgan fingerprint density at radius 1 is 1.12 bits per heavy atom. The molecule has 0 saturated carbocycles. The van der Waals surface area contributed by atoms with Crippen LogP contribution < -0.4 is 4.74 Å². The van der Waals surface area contributed by atoms with Gasteiger partial charge in [0.25, 0.3) is 0 Å². The van der Waals surface area contributed by atoms with E-state index >= 15 is 0 Å². The third-order valence-electron chi connectivity index (χ3n) is 7.34. The third-order valence-corrected chi connectivity index (χ3v) is 8.39. The van der Waals surface area contributed by atoms with Crippen LogP contribution in [0.3, 0.4) is 0 Å². The van der Waals surface area contributed by atoms with Crippen molar-refractivity contribution >= 4 is 55.2 Å². The zero-order chi connectivity index (χ0) is 24.5. The van der Waals surface area contributed by atoms with Crippen LogP contribution in [0, 0.1) is 17.8 Å². The number of nitrogens with zero attached hydrogens (tertiary/aromatic N) is 1. The van der Waals surface area contributed by atoms with Crippen LogP contribution in [-0.2, 0) is 19.2 Å². The van der Waals surface area contributed by atoms with E-state index in [4.69, 9.17) is 4.74 Å². The van der Waals surface area contributed by atoms with Gasteiger partial charge in [-0.05, 0) is 53.7 Å². The van der Waals surface area contributed by atoms with Gasteiger partial charge in [0.1, 0.15) is 0 Å². The molecule has 0 unspecified atom stereocenters. The van der Waals surface area contributed by atoms with E-state index in [1.807, 2.05) is 6.08 Å². The Bertz CT molecular complexity index is 1280. The van der Waals surface area contributed by atoms with E-state index in [2.05, 4.69) is 31.9 Å². The standard InChI is InChI=1S/C25H21Br2NO6/c1-3-28-24(32)12-5-4-11-13(20(12)25(28)33)8-15-21(17(29)9-16(27)22(15)30)19(11)14-6-10(26)7-18(34-2)23(14)31/h4,6-7,9,12-13,19-20,31H,3,5,8H2,1-2H3/t12-,13+,19+,20-/m0/s1. The molecule has 1 aromatic rings. The lowest BCUT2D eigenvalue weighted by atomic mass is 9.59. The number of carbonyl (C=O) groups is 4. The number of halogens is 2. The van der Waals surface area contributed by atoms with Gasteiger partial charge in [-0.25, -0.2) is 0 Å². The molecule has 1 N–H and O–H groups in total. The Morgan fingerprint density at radius 2 is 1.85 bits per heavy atom. The maximum atomic E-state index is 13.3. The average molecular weight is 591 g/mol. The number of amides is 2. The van der Waals surface area contributed by atoms with Crippen LogP contribution in [0.2, 0.25) is 0 Å². The molecule has 0 spiro atoms. The summed E-state index contributed by atoms with van der Waals surface area (Å²) < 4.78 is 6.12. The highest BCUT2D eigenvalue weighted by Gasteiger charge is 2.56. The summed E-state index contributed by atoms with van der Waals surface area (Å²) in [6, 6.07) is 3.32. The molecule has 9 heteroatoms. The molecule has 1 saturated heterocycles. The minimum Gasteiger partial charge on any atom is -0.504 e. The molecule has 4 atom stereocenters. The summed E-state index contributed by atoms with van der Waals surface area (Å²) in [6.07, 6.45) is 3.73. The van der Waals surface area contributed by atoms with Crippen molar-refractivity contribution in [3.63, 3.8) is 0 Å². The first-order valence-electron chi connectivity index (χ1n) is 11.0. The molecule has 7 nitrogen and oxygen atoms in total. The molecule has 0 bridgehead atoms. The number of ether oxygens (including phenoxy) is 1. The molecule has 1 aliphatic heterocycles. The summed E-state index contributed by atoms with van der Waals surface area (Å²) in [5.41, 5.74) is 1.81. The fourth-order valence-corrected chi connectivity index (χ4v) is 6.81. The summed E-state index contributed by atoms with van der Waals surface area (Å²) in [4.78, 5) is 53.9. The van der Waals surface area contributed by atoms with Crippen molar-refractivity contribution in [2.75, 3.05) is 13.7 Å². The van der Waals surface area contributed by atoms with E-state index in [-0.39, 0.29) is 45.8 Å². The number of ketones is 2. The second kappa shape index (κ2) is 8.30. The van der Waals surface area contributed by atoms with Gasteiger partial charge in [0, 0.05) is 39.7 Å². The van der Waals surface area contributed by atoms with E-state index in [0.717, 1.165) is 5.57 Å². The first-order chi connectivity index (χ1) is 16.2. The fraction of sp³-hybridized carbons (Fsp3) is 0.360. The molecule has 0 radical (unpaired) electrons. The number of imide groups is 1. The topological polar surface area (TPSA) is 101 Å². The number of rotatable bonds is 3. The molecule has 1 fully saturated rings. The highest BCUT2D eigenvalue weighted by molar-refractivity contribution is 9.12. The van der Waals surface area contributed by atoms with Gasteiger partial charge in [-0.2, -0.15) is 0 Å². The molecule has 1 heterocycles. The Hall–Kier alpha value is -2.52. The number of phenolic OH excluding ortho intramolecular Hbond substituents is 1.